The van der Waals surface area contributed by atoms with E-state index in [2.05, 4.69) is 17.1 Å². The molecule has 0 aliphatic carbocycles. The second-order valence-corrected chi connectivity index (χ2v) is 5.36. The topological polar surface area (TPSA) is 41.3 Å². The zero-order chi connectivity index (χ0) is 10.0. The predicted octanol–water partition coefficient (Wildman–Crippen LogP) is 0.267. The third-order valence-electron chi connectivity index (χ3n) is 3.77. The fraction of sp³-hybridized carbons (Fsp3) is 1.00. The largest absolute Gasteiger partial charge is 0.330 e. The molecule has 2 unspecified atom stereocenters. The molecule has 0 amide bonds. The molecule has 0 aromatic heterocycles. The second-order valence-electron chi connectivity index (χ2n) is 5.36. The minimum atomic E-state index is 0.517. The fourth-order valence-electron chi connectivity index (χ4n) is 2.79. The summed E-state index contributed by atoms with van der Waals surface area (Å²) in [5.74, 6) is 0.757. The van der Waals surface area contributed by atoms with Crippen LogP contribution in [0.5, 0.6) is 0 Å². The number of nitrogens with one attached hydrogen (secondary N) is 1. The number of nitrogens with zero attached hydrogens (tertiary/aromatic N) is 1. The van der Waals surface area contributed by atoms with E-state index in [1.54, 1.807) is 0 Å². The Hall–Kier alpha value is -0.120. The maximum absolute atomic E-state index is 5.70. The normalized spacial score (nSPS) is 39.4. The monoisotopic (exact) mass is 197 g/mol. The fourth-order valence-corrected chi connectivity index (χ4v) is 2.79. The molecule has 0 spiro atoms. The molecule has 0 bridgehead atoms. The first kappa shape index (κ1) is 10.4. The van der Waals surface area contributed by atoms with Crippen LogP contribution in [0, 0.1) is 11.3 Å². The Bertz CT molecular complexity index is 187. The Labute approximate surface area is 87.0 Å². The summed E-state index contributed by atoms with van der Waals surface area (Å²) < 4.78 is 0. The van der Waals surface area contributed by atoms with E-state index >= 15 is 0 Å². The van der Waals surface area contributed by atoms with Crippen LogP contribution in [-0.2, 0) is 0 Å². The van der Waals surface area contributed by atoms with Crippen LogP contribution in [0.25, 0.3) is 0 Å². The molecular weight excluding hydrogens is 174 g/mol. The highest BCUT2D eigenvalue weighted by atomic mass is 15.2. The Morgan fingerprint density at radius 1 is 1.57 bits per heavy atom. The lowest BCUT2D eigenvalue weighted by atomic mass is 9.89. The molecule has 2 aliphatic rings. The van der Waals surface area contributed by atoms with Crippen molar-refractivity contribution < 1.29 is 0 Å². The highest BCUT2D eigenvalue weighted by molar-refractivity contribution is 4.89. The Morgan fingerprint density at radius 2 is 2.43 bits per heavy atom. The quantitative estimate of drug-likeness (QED) is 0.682. The second kappa shape index (κ2) is 4.17. The maximum atomic E-state index is 5.70. The van der Waals surface area contributed by atoms with Crippen LogP contribution >= 0.6 is 0 Å². The summed E-state index contributed by atoms with van der Waals surface area (Å²) in [5, 5.41) is 3.46. The molecule has 3 N–H and O–H groups in total. The minimum Gasteiger partial charge on any atom is -0.330 e. The van der Waals surface area contributed by atoms with Gasteiger partial charge in [-0.25, -0.2) is 0 Å². The first-order valence-electron chi connectivity index (χ1n) is 5.85. The van der Waals surface area contributed by atoms with Gasteiger partial charge in [-0.05, 0) is 43.8 Å². The first-order chi connectivity index (χ1) is 6.72. The van der Waals surface area contributed by atoms with Crippen molar-refractivity contribution in [2.45, 2.75) is 19.8 Å². The average molecular weight is 197 g/mol. The number of nitrogens with two attached hydrogens (primary N) is 1. The van der Waals surface area contributed by atoms with Gasteiger partial charge < -0.3 is 16.0 Å². The smallest absolute Gasteiger partial charge is 0.00481 e. The number of hydrogen-bond acceptors (Lipinski definition) is 3. The number of likely N-dealkylation sites (tertiary alicyclic amines) is 1. The van der Waals surface area contributed by atoms with Crippen molar-refractivity contribution in [2.75, 3.05) is 39.3 Å². The summed E-state index contributed by atoms with van der Waals surface area (Å²) in [6.45, 7) is 9.41. The summed E-state index contributed by atoms with van der Waals surface area (Å²) in [4.78, 5) is 2.60. The lowest BCUT2D eigenvalue weighted by Crippen LogP contribution is -2.36. The zero-order valence-corrected chi connectivity index (χ0v) is 9.26. The van der Waals surface area contributed by atoms with Crippen LogP contribution < -0.4 is 11.1 Å². The first-order valence-corrected chi connectivity index (χ1v) is 5.85. The average Bonchev–Trinajstić information content (AvgIpc) is 2.75. The van der Waals surface area contributed by atoms with Gasteiger partial charge >= 0.3 is 0 Å². The molecular formula is C11H23N3. The molecule has 0 radical (unpaired) electrons. The van der Waals surface area contributed by atoms with Crippen molar-refractivity contribution in [1.29, 1.82) is 0 Å². The van der Waals surface area contributed by atoms with Crippen LogP contribution in [-0.4, -0.2) is 44.2 Å². The Kier molecular flexibility index (Phi) is 3.10. The van der Waals surface area contributed by atoms with E-state index in [-0.39, 0.29) is 0 Å². The highest BCUT2D eigenvalue weighted by Crippen LogP contribution is 2.28. The summed E-state index contributed by atoms with van der Waals surface area (Å²) in [6.07, 6.45) is 2.64. The van der Waals surface area contributed by atoms with Crippen LogP contribution in [0.4, 0.5) is 0 Å². The predicted molar refractivity (Wildman–Crippen MR) is 59.2 cm³/mol. The van der Waals surface area contributed by atoms with E-state index < -0.39 is 0 Å². The molecule has 82 valence electrons. The molecule has 3 nitrogen and oxygen atoms in total. The van der Waals surface area contributed by atoms with Gasteiger partial charge in [0.15, 0.2) is 0 Å². The molecule has 3 heteroatoms. The SMILES string of the molecule is CC1(CN2CCC(CN)C2)CCNC1. The summed E-state index contributed by atoms with van der Waals surface area (Å²) in [5.41, 5.74) is 6.22. The molecule has 2 fully saturated rings. The van der Waals surface area contributed by atoms with E-state index in [0.29, 0.717) is 5.41 Å². The lowest BCUT2D eigenvalue weighted by molar-refractivity contribution is 0.204. The van der Waals surface area contributed by atoms with Gasteiger partial charge in [-0.15, -0.1) is 0 Å². The van der Waals surface area contributed by atoms with Gasteiger partial charge in [0.25, 0.3) is 0 Å². The van der Waals surface area contributed by atoms with Crippen LogP contribution in [0.2, 0.25) is 0 Å². The highest BCUT2D eigenvalue weighted by Gasteiger charge is 2.32. The van der Waals surface area contributed by atoms with Crippen LogP contribution in [0.1, 0.15) is 19.8 Å². The molecule has 0 saturated carbocycles. The Balaban J connectivity index is 1.80. The van der Waals surface area contributed by atoms with Gasteiger partial charge in [0, 0.05) is 19.6 Å². The van der Waals surface area contributed by atoms with E-state index in [9.17, 15) is 0 Å². The molecule has 2 heterocycles. The van der Waals surface area contributed by atoms with Crippen molar-refractivity contribution >= 4 is 0 Å². The molecule has 0 aromatic rings. The zero-order valence-electron chi connectivity index (χ0n) is 9.26. The Morgan fingerprint density at radius 3 is 3.00 bits per heavy atom. The van der Waals surface area contributed by atoms with Crippen molar-refractivity contribution in [3.8, 4) is 0 Å². The van der Waals surface area contributed by atoms with Gasteiger partial charge in [0.1, 0.15) is 0 Å². The van der Waals surface area contributed by atoms with E-state index in [4.69, 9.17) is 5.73 Å². The van der Waals surface area contributed by atoms with E-state index in [1.165, 1.54) is 45.6 Å². The van der Waals surface area contributed by atoms with E-state index in [0.717, 1.165) is 12.5 Å². The summed E-state index contributed by atoms with van der Waals surface area (Å²) >= 11 is 0. The van der Waals surface area contributed by atoms with Crippen LogP contribution in [0.3, 0.4) is 0 Å². The summed E-state index contributed by atoms with van der Waals surface area (Å²) in [7, 11) is 0. The number of hydrogen-bond donors (Lipinski definition) is 2. The standard InChI is InChI=1S/C11H23N3/c1-11(3-4-13-8-11)9-14-5-2-10(6-12)7-14/h10,13H,2-9,12H2,1H3. The lowest BCUT2D eigenvalue weighted by Gasteiger charge is -2.29. The molecule has 14 heavy (non-hydrogen) atoms. The van der Waals surface area contributed by atoms with Crippen molar-refractivity contribution in [3.63, 3.8) is 0 Å². The van der Waals surface area contributed by atoms with Gasteiger partial charge in [-0.3, -0.25) is 0 Å². The van der Waals surface area contributed by atoms with Crippen molar-refractivity contribution in [3.05, 3.63) is 0 Å². The van der Waals surface area contributed by atoms with E-state index in [1.807, 2.05) is 0 Å². The third kappa shape index (κ3) is 2.27. The molecule has 2 aliphatic heterocycles. The van der Waals surface area contributed by atoms with Gasteiger partial charge in [0.2, 0.25) is 0 Å². The third-order valence-corrected chi connectivity index (χ3v) is 3.77. The minimum absolute atomic E-state index is 0.517. The molecule has 2 saturated heterocycles. The van der Waals surface area contributed by atoms with Crippen LogP contribution in [0.15, 0.2) is 0 Å². The molecule has 0 aromatic carbocycles. The molecule has 2 rings (SSSR count). The van der Waals surface area contributed by atoms with Gasteiger partial charge in [-0.1, -0.05) is 6.92 Å². The number of rotatable bonds is 3. The van der Waals surface area contributed by atoms with Gasteiger partial charge in [-0.2, -0.15) is 0 Å². The molecule has 2 atom stereocenters. The summed E-state index contributed by atoms with van der Waals surface area (Å²) in [6, 6.07) is 0. The van der Waals surface area contributed by atoms with Gasteiger partial charge in [0.05, 0.1) is 0 Å². The van der Waals surface area contributed by atoms with Crippen molar-refractivity contribution in [1.82, 2.24) is 10.2 Å². The maximum Gasteiger partial charge on any atom is 0.00481 e. The van der Waals surface area contributed by atoms with Crippen molar-refractivity contribution in [2.24, 2.45) is 17.1 Å².